The van der Waals surface area contributed by atoms with Gasteiger partial charge in [0.1, 0.15) is 0 Å². The number of fused-ring (bicyclic) bond motifs is 1. The summed E-state index contributed by atoms with van der Waals surface area (Å²) in [6.07, 6.45) is 5.24. The van der Waals surface area contributed by atoms with Gasteiger partial charge in [-0.1, -0.05) is 12.5 Å². The fourth-order valence-corrected chi connectivity index (χ4v) is 2.25. The number of amides is 1. The molecule has 106 valence electrons. The van der Waals surface area contributed by atoms with Crippen LogP contribution in [0.5, 0.6) is 0 Å². The molecule has 1 aromatic rings. The predicted octanol–water partition coefficient (Wildman–Crippen LogP) is 3.24. The Balaban J connectivity index is 2.12. The first-order valence-corrected chi connectivity index (χ1v) is 6.52. The zero-order chi connectivity index (χ0) is 14.7. The van der Waals surface area contributed by atoms with Gasteiger partial charge >= 0.3 is 0 Å². The molecular weight excluding hydrogens is 264 g/mol. The molecule has 5 heteroatoms. The van der Waals surface area contributed by atoms with E-state index in [0.29, 0.717) is 13.0 Å². The molecule has 0 fully saturated rings. The summed E-state index contributed by atoms with van der Waals surface area (Å²) in [5.74, 6) is -3.65. The number of unbranched alkanes of at least 4 members (excludes halogenated alkanes) is 3. The second-order valence-electron chi connectivity index (χ2n) is 4.71. The van der Waals surface area contributed by atoms with E-state index in [0.717, 1.165) is 31.4 Å². The van der Waals surface area contributed by atoms with Crippen LogP contribution in [0.3, 0.4) is 0 Å². The van der Waals surface area contributed by atoms with Gasteiger partial charge in [0.25, 0.3) is 11.7 Å². The SMILES string of the molecule is C=CCCCCCN1C(=O)C(=O)c2cc(F)c(F)cc21. The van der Waals surface area contributed by atoms with Crippen molar-refractivity contribution in [3.8, 4) is 0 Å². The fraction of sp³-hybridized carbons (Fsp3) is 0.333. The lowest BCUT2D eigenvalue weighted by Gasteiger charge is -2.16. The summed E-state index contributed by atoms with van der Waals surface area (Å²) < 4.78 is 26.4. The molecule has 1 aliphatic rings. The van der Waals surface area contributed by atoms with Crippen molar-refractivity contribution in [2.75, 3.05) is 11.4 Å². The number of nitrogens with zero attached hydrogens (tertiary/aromatic N) is 1. The standard InChI is InChI=1S/C15H15F2NO2/c1-2-3-4-5-6-7-18-13-9-12(17)11(16)8-10(13)14(19)15(18)20/h2,8-9H,1,3-7H2. The van der Waals surface area contributed by atoms with Crippen molar-refractivity contribution < 1.29 is 18.4 Å². The third kappa shape index (κ3) is 2.61. The van der Waals surface area contributed by atoms with Crippen molar-refractivity contribution in [3.05, 3.63) is 42.0 Å². The minimum absolute atomic E-state index is 0.0556. The molecular formula is C15H15F2NO2. The minimum Gasteiger partial charge on any atom is -0.305 e. The van der Waals surface area contributed by atoms with Gasteiger partial charge in [-0.25, -0.2) is 8.78 Å². The van der Waals surface area contributed by atoms with Crippen LogP contribution in [-0.4, -0.2) is 18.2 Å². The molecule has 1 aliphatic heterocycles. The molecule has 0 aliphatic carbocycles. The van der Waals surface area contributed by atoms with Gasteiger partial charge in [-0.15, -0.1) is 6.58 Å². The largest absolute Gasteiger partial charge is 0.305 e. The van der Waals surface area contributed by atoms with Crippen molar-refractivity contribution in [1.29, 1.82) is 0 Å². The number of carbonyl (C=O) groups is 2. The van der Waals surface area contributed by atoms with Crippen LogP contribution >= 0.6 is 0 Å². The van der Waals surface area contributed by atoms with E-state index in [1.54, 1.807) is 0 Å². The maximum Gasteiger partial charge on any atom is 0.299 e. The van der Waals surface area contributed by atoms with E-state index >= 15 is 0 Å². The number of benzene rings is 1. The third-order valence-corrected chi connectivity index (χ3v) is 3.30. The van der Waals surface area contributed by atoms with E-state index in [9.17, 15) is 18.4 Å². The van der Waals surface area contributed by atoms with Crippen molar-refractivity contribution in [1.82, 2.24) is 0 Å². The van der Waals surface area contributed by atoms with Crippen LogP contribution in [0.2, 0.25) is 0 Å². The van der Waals surface area contributed by atoms with Gasteiger partial charge in [0.2, 0.25) is 0 Å². The second-order valence-corrected chi connectivity index (χ2v) is 4.71. The monoisotopic (exact) mass is 279 g/mol. The Kier molecular flexibility index (Phi) is 4.27. The molecule has 0 saturated carbocycles. The molecule has 1 amide bonds. The molecule has 0 aromatic heterocycles. The average molecular weight is 279 g/mol. The van der Waals surface area contributed by atoms with Crippen molar-refractivity contribution in [2.24, 2.45) is 0 Å². The first-order chi connectivity index (χ1) is 9.56. The zero-order valence-corrected chi connectivity index (χ0v) is 11.0. The number of Topliss-reactive ketones (excluding diaryl/α,β-unsaturated/α-hetero) is 1. The lowest BCUT2D eigenvalue weighted by molar-refractivity contribution is -0.114. The van der Waals surface area contributed by atoms with Gasteiger partial charge in [-0.2, -0.15) is 0 Å². The maximum absolute atomic E-state index is 13.3. The number of anilines is 1. The van der Waals surface area contributed by atoms with Gasteiger partial charge < -0.3 is 4.90 Å². The summed E-state index contributed by atoms with van der Waals surface area (Å²) in [4.78, 5) is 24.8. The van der Waals surface area contributed by atoms with E-state index in [-0.39, 0.29) is 11.3 Å². The molecule has 1 heterocycles. The van der Waals surface area contributed by atoms with Crippen LogP contribution in [0.15, 0.2) is 24.8 Å². The maximum atomic E-state index is 13.3. The highest BCUT2D eigenvalue weighted by molar-refractivity contribution is 6.52. The summed E-state index contributed by atoms with van der Waals surface area (Å²) in [5, 5.41) is 0. The Bertz CT molecular complexity index is 569. The normalized spacial score (nSPS) is 13.8. The van der Waals surface area contributed by atoms with Gasteiger partial charge in [0.05, 0.1) is 11.3 Å². The molecule has 0 bridgehead atoms. The quantitative estimate of drug-likeness (QED) is 0.455. The number of halogens is 2. The van der Waals surface area contributed by atoms with Crippen molar-refractivity contribution in [3.63, 3.8) is 0 Å². The number of allylic oxidation sites excluding steroid dienone is 1. The lowest BCUT2D eigenvalue weighted by atomic mass is 10.1. The molecule has 0 N–H and O–H groups in total. The highest BCUT2D eigenvalue weighted by Gasteiger charge is 2.36. The van der Waals surface area contributed by atoms with E-state index in [1.165, 1.54) is 4.90 Å². The summed E-state index contributed by atoms with van der Waals surface area (Å²) in [6, 6.07) is 1.71. The number of hydrogen-bond donors (Lipinski definition) is 0. The molecule has 1 aromatic carbocycles. The van der Waals surface area contributed by atoms with Crippen molar-refractivity contribution in [2.45, 2.75) is 25.7 Å². The van der Waals surface area contributed by atoms with E-state index in [2.05, 4.69) is 6.58 Å². The number of hydrogen-bond acceptors (Lipinski definition) is 2. The van der Waals surface area contributed by atoms with Gasteiger partial charge in [-0.3, -0.25) is 9.59 Å². The molecule has 2 rings (SSSR count). The minimum atomic E-state index is -1.11. The Labute approximate surface area is 115 Å². The van der Waals surface area contributed by atoms with Crippen LogP contribution in [0.4, 0.5) is 14.5 Å². The first-order valence-electron chi connectivity index (χ1n) is 6.52. The zero-order valence-electron chi connectivity index (χ0n) is 11.0. The fourth-order valence-electron chi connectivity index (χ4n) is 2.25. The number of ketones is 1. The molecule has 20 heavy (non-hydrogen) atoms. The number of rotatable bonds is 6. The molecule has 0 unspecified atom stereocenters. The van der Waals surface area contributed by atoms with E-state index in [4.69, 9.17) is 0 Å². The van der Waals surface area contributed by atoms with E-state index in [1.807, 2.05) is 6.08 Å². The van der Waals surface area contributed by atoms with Crippen LogP contribution < -0.4 is 4.90 Å². The van der Waals surface area contributed by atoms with Crippen molar-refractivity contribution >= 4 is 17.4 Å². The van der Waals surface area contributed by atoms with Crippen LogP contribution in [0.25, 0.3) is 0 Å². The number of carbonyl (C=O) groups excluding carboxylic acids is 2. The first kappa shape index (κ1) is 14.4. The molecule has 0 radical (unpaired) electrons. The Morgan fingerprint density at radius 2 is 1.80 bits per heavy atom. The lowest BCUT2D eigenvalue weighted by Crippen LogP contribution is -2.30. The predicted molar refractivity (Wildman–Crippen MR) is 71.7 cm³/mol. The van der Waals surface area contributed by atoms with Gasteiger partial charge in [-0.05, 0) is 25.3 Å². The summed E-state index contributed by atoms with van der Waals surface area (Å²) >= 11 is 0. The smallest absolute Gasteiger partial charge is 0.299 e. The highest BCUT2D eigenvalue weighted by atomic mass is 19.2. The molecule has 0 atom stereocenters. The van der Waals surface area contributed by atoms with Gasteiger partial charge in [0.15, 0.2) is 11.6 Å². The Morgan fingerprint density at radius 3 is 2.50 bits per heavy atom. The van der Waals surface area contributed by atoms with Crippen LogP contribution in [0.1, 0.15) is 36.0 Å². The topological polar surface area (TPSA) is 37.4 Å². The van der Waals surface area contributed by atoms with Crippen LogP contribution in [-0.2, 0) is 4.79 Å². The van der Waals surface area contributed by atoms with E-state index < -0.39 is 23.3 Å². The van der Waals surface area contributed by atoms with Gasteiger partial charge in [0, 0.05) is 12.6 Å². The van der Waals surface area contributed by atoms with Crippen LogP contribution in [0, 0.1) is 11.6 Å². The summed E-state index contributed by atoms with van der Waals surface area (Å²) in [6.45, 7) is 3.95. The summed E-state index contributed by atoms with van der Waals surface area (Å²) in [7, 11) is 0. The highest BCUT2D eigenvalue weighted by Crippen LogP contribution is 2.31. The molecule has 3 nitrogen and oxygen atoms in total. The second kappa shape index (κ2) is 5.94. The third-order valence-electron chi connectivity index (χ3n) is 3.30. The molecule has 0 saturated heterocycles. The average Bonchev–Trinajstić information content (AvgIpc) is 2.64. The Morgan fingerprint density at radius 1 is 1.10 bits per heavy atom. The molecule has 0 spiro atoms. The Hall–Kier alpha value is -2.04. The summed E-state index contributed by atoms with van der Waals surface area (Å²) in [5.41, 5.74) is 0.114.